The summed E-state index contributed by atoms with van der Waals surface area (Å²) in [5.41, 5.74) is 1.71. The zero-order valence-corrected chi connectivity index (χ0v) is 13.0. The van der Waals surface area contributed by atoms with Crippen molar-refractivity contribution in [2.75, 3.05) is 13.1 Å². The maximum Gasteiger partial charge on any atom is 0.0338 e. The number of rotatable bonds is 4. The van der Waals surface area contributed by atoms with Crippen LogP contribution in [0, 0.1) is 11.8 Å². The molecular formula is C17H27N3. The average molecular weight is 273 g/mol. The van der Waals surface area contributed by atoms with Crippen molar-refractivity contribution in [2.24, 2.45) is 11.8 Å². The highest BCUT2D eigenvalue weighted by Crippen LogP contribution is 2.44. The minimum absolute atomic E-state index is 0.328. The third kappa shape index (κ3) is 2.75. The summed E-state index contributed by atoms with van der Waals surface area (Å²) in [6.45, 7) is 10.4. The molecule has 1 aliphatic carbocycles. The highest BCUT2D eigenvalue weighted by atomic mass is 15.3. The van der Waals surface area contributed by atoms with E-state index in [-0.39, 0.29) is 0 Å². The lowest BCUT2D eigenvalue weighted by molar-refractivity contribution is 0.0186. The van der Waals surface area contributed by atoms with Crippen LogP contribution in [0.5, 0.6) is 0 Å². The van der Waals surface area contributed by atoms with Gasteiger partial charge in [-0.1, -0.05) is 13.8 Å². The van der Waals surface area contributed by atoms with Gasteiger partial charge in [0.05, 0.1) is 0 Å². The molecule has 2 fully saturated rings. The molecule has 0 radical (unpaired) electrons. The molecule has 1 aromatic heterocycles. The smallest absolute Gasteiger partial charge is 0.0338 e. The van der Waals surface area contributed by atoms with Crippen LogP contribution in [0.3, 0.4) is 0 Å². The Hall–Kier alpha value is -0.930. The predicted octanol–water partition coefficient (Wildman–Crippen LogP) is 2.68. The molecule has 0 aromatic carbocycles. The van der Waals surface area contributed by atoms with Crippen molar-refractivity contribution >= 4 is 0 Å². The Morgan fingerprint density at radius 2 is 2.05 bits per heavy atom. The van der Waals surface area contributed by atoms with E-state index in [2.05, 4.69) is 48.1 Å². The third-order valence-corrected chi connectivity index (χ3v) is 5.25. The summed E-state index contributed by atoms with van der Waals surface area (Å²) < 4.78 is 0. The monoisotopic (exact) mass is 273 g/mol. The number of nitrogens with zero attached hydrogens (tertiary/aromatic N) is 2. The van der Waals surface area contributed by atoms with Crippen molar-refractivity contribution in [1.82, 2.24) is 15.2 Å². The van der Waals surface area contributed by atoms with Gasteiger partial charge in [0.25, 0.3) is 0 Å². The fraction of sp³-hybridized carbons (Fsp3) is 0.706. The topological polar surface area (TPSA) is 28.2 Å². The van der Waals surface area contributed by atoms with Gasteiger partial charge in [0.15, 0.2) is 0 Å². The lowest BCUT2D eigenvalue weighted by Crippen LogP contribution is -2.65. The molecule has 0 bridgehead atoms. The molecule has 2 aliphatic rings. The second kappa shape index (κ2) is 5.45. The van der Waals surface area contributed by atoms with Gasteiger partial charge in [0, 0.05) is 43.6 Å². The molecule has 3 heteroatoms. The van der Waals surface area contributed by atoms with E-state index in [0.717, 1.165) is 25.6 Å². The first-order valence-electron chi connectivity index (χ1n) is 7.97. The maximum atomic E-state index is 4.13. The van der Waals surface area contributed by atoms with Crippen molar-refractivity contribution < 1.29 is 0 Å². The zero-order chi connectivity index (χ0) is 14.2. The van der Waals surface area contributed by atoms with Crippen LogP contribution in [0.15, 0.2) is 24.5 Å². The van der Waals surface area contributed by atoms with Gasteiger partial charge in [-0.25, -0.2) is 0 Å². The Balaban J connectivity index is 1.78. The number of nitrogens with one attached hydrogen (secondary N) is 1. The summed E-state index contributed by atoms with van der Waals surface area (Å²) in [6.07, 6.45) is 6.62. The van der Waals surface area contributed by atoms with Gasteiger partial charge in [-0.05, 0) is 49.3 Å². The van der Waals surface area contributed by atoms with Crippen LogP contribution in [-0.2, 0) is 6.54 Å². The summed E-state index contributed by atoms with van der Waals surface area (Å²) in [7, 11) is 0. The van der Waals surface area contributed by atoms with E-state index in [4.69, 9.17) is 0 Å². The molecular weight excluding hydrogens is 246 g/mol. The Kier molecular flexibility index (Phi) is 3.83. The van der Waals surface area contributed by atoms with Crippen LogP contribution < -0.4 is 5.32 Å². The van der Waals surface area contributed by atoms with E-state index in [1.54, 1.807) is 0 Å². The molecule has 3 nitrogen and oxygen atoms in total. The first-order chi connectivity index (χ1) is 9.59. The van der Waals surface area contributed by atoms with Gasteiger partial charge in [-0.2, -0.15) is 0 Å². The molecule has 1 saturated heterocycles. The number of hydrogen-bond acceptors (Lipinski definition) is 3. The molecule has 2 unspecified atom stereocenters. The quantitative estimate of drug-likeness (QED) is 0.914. The lowest BCUT2D eigenvalue weighted by Gasteiger charge is -2.49. The lowest BCUT2D eigenvalue weighted by atomic mass is 9.87. The molecule has 0 spiro atoms. The van der Waals surface area contributed by atoms with E-state index >= 15 is 0 Å². The van der Waals surface area contributed by atoms with E-state index in [9.17, 15) is 0 Å². The van der Waals surface area contributed by atoms with E-state index in [1.807, 2.05) is 12.4 Å². The molecule has 2 atom stereocenters. The molecule has 1 aliphatic heterocycles. The molecule has 1 aromatic rings. The minimum atomic E-state index is 0.328. The fourth-order valence-electron chi connectivity index (χ4n) is 3.47. The first-order valence-corrected chi connectivity index (χ1v) is 7.97. The molecule has 1 saturated carbocycles. The van der Waals surface area contributed by atoms with Crippen LogP contribution in [-0.4, -0.2) is 34.6 Å². The van der Waals surface area contributed by atoms with Crippen molar-refractivity contribution in [1.29, 1.82) is 0 Å². The highest BCUT2D eigenvalue weighted by molar-refractivity contribution is 5.13. The average Bonchev–Trinajstić information content (AvgIpc) is 3.27. The highest BCUT2D eigenvalue weighted by Gasteiger charge is 2.48. The summed E-state index contributed by atoms with van der Waals surface area (Å²) in [6, 6.07) is 4.92. The second-order valence-electron chi connectivity index (χ2n) is 7.10. The number of pyridine rings is 1. The van der Waals surface area contributed by atoms with E-state index < -0.39 is 0 Å². The van der Waals surface area contributed by atoms with Crippen molar-refractivity contribution in [3.05, 3.63) is 30.1 Å². The predicted molar refractivity (Wildman–Crippen MR) is 82.4 cm³/mol. The fourth-order valence-corrected chi connectivity index (χ4v) is 3.47. The van der Waals surface area contributed by atoms with Crippen molar-refractivity contribution in [3.63, 3.8) is 0 Å². The van der Waals surface area contributed by atoms with E-state index in [0.29, 0.717) is 17.5 Å². The summed E-state index contributed by atoms with van der Waals surface area (Å²) >= 11 is 0. The van der Waals surface area contributed by atoms with Crippen LogP contribution in [0.4, 0.5) is 0 Å². The van der Waals surface area contributed by atoms with E-state index in [1.165, 1.54) is 18.4 Å². The van der Waals surface area contributed by atoms with Gasteiger partial charge in [-0.3, -0.25) is 9.88 Å². The van der Waals surface area contributed by atoms with Crippen LogP contribution >= 0.6 is 0 Å². The van der Waals surface area contributed by atoms with Crippen LogP contribution in [0.25, 0.3) is 0 Å². The molecule has 3 rings (SSSR count). The SMILES string of the molecule is CC(C)C1CN(Cc2ccncc2)C(C)(C2CC2)CN1. The standard InChI is InChI=1S/C17H27N3/c1-13(2)16-11-20(10-14-6-8-18-9-7-14)17(3,12-19-16)15-4-5-15/h6-9,13,15-16,19H,4-5,10-12H2,1-3H3. The largest absolute Gasteiger partial charge is 0.311 e. The summed E-state index contributed by atoms with van der Waals surface area (Å²) in [4.78, 5) is 6.86. The molecule has 110 valence electrons. The number of aromatic nitrogens is 1. The van der Waals surface area contributed by atoms with Crippen LogP contribution in [0.2, 0.25) is 0 Å². The van der Waals surface area contributed by atoms with Crippen molar-refractivity contribution in [2.45, 2.75) is 51.7 Å². The third-order valence-electron chi connectivity index (χ3n) is 5.25. The van der Waals surface area contributed by atoms with Gasteiger partial charge >= 0.3 is 0 Å². The zero-order valence-electron chi connectivity index (χ0n) is 13.0. The molecule has 0 amide bonds. The molecule has 1 N–H and O–H groups in total. The van der Waals surface area contributed by atoms with Crippen molar-refractivity contribution in [3.8, 4) is 0 Å². The summed E-state index contributed by atoms with van der Waals surface area (Å²) in [5.74, 6) is 1.57. The van der Waals surface area contributed by atoms with Crippen LogP contribution in [0.1, 0.15) is 39.2 Å². The minimum Gasteiger partial charge on any atom is -0.311 e. The number of piperazine rings is 1. The first kappa shape index (κ1) is 14.0. The van der Waals surface area contributed by atoms with Gasteiger partial charge in [0.2, 0.25) is 0 Å². The Bertz CT molecular complexity index is 441. The number of hydrogen-bond donors (Lipinski definition) is 1. The van der Waals surface area contributed by atoms with Gasteiger partial charge in [0.1, 0.15) is 0 Å². The van der Waals surface area contributed by atoms with Gasteiger partial charge in [-0.15, -0.1) is 0 Å². The normalized spacial score (nSPS) is 31.7. The Labute approximate surface area is 122 Å². The second-order valence-corrected chi connectivity index (χ2v) is 7.10. The Morgan fingerprint density at radius 3 is 2.65 bits per heavy atom. The summed E-state index contributed by atoms with van der Waals surface area (Å²) in [5, 5.41) is 3.79. The maximum absolute atomic E-state index is 4.13. The van der Waals surface area contributed by atoms with Gasteiger partial charge < -0.3 is 5.32 Å². The molecule has 2 heterocycles. The molecule has 20 heavy (non-hydrogen) atoms. The Morgan fingerprint density at radius 1 is 1.35 bits per heavy atom.